The standard InChI is InChI=1S/C17H14Cl2N2O2/c1-3-10-21(13-5-7-14(23-2)8-6-13)17(22)20-12-4-9-15(18)16(19)11-12/h1,4-9,11H,10H2,2H3,(H,20,22). The van der Waals surface area contributed by atoms with Crippen LogP contribution in [-0.4, -0.2) is 19.7 Å². The smallest absolute Gasteiger partial charge is 0.327 e. The van der Waals surface area contributed by atoms with Crippen LogP contribution in [0.3, 0.4) is 0 Å². The predicted molar refractivity (Wildman–Crippen MR) is 94.7 cm³/mol. The van der Waals surface area contributed by atoms with E-state index in [1.807, 2.05) is 0 Å². The minimum Gasteiger partial charge on any atom is -0.497 e. The number of urea groups is 1. The van der Waals surface area contributed by atoms with Gasteiger partial charge in [0.15, 0.2) is 0 Å². The first kappa shape index (κ1) is 17.0. The number of hydrogen-bond acceptors (Lipinski definition) is 2. The van der Waals surface area contributed by atoms with Crippen LogP contribution in [0.15, 0.2) is 42.5 Å². The first-order chi connectivity index (χ1) is 11.0. The van der Waals surface area contributed by atoms with Gasteiger partial charge >= 0.3 is 6.03 Å². The molecule has 0 spiro atoms. The Labute approximate surface area is 145 Å². The van der Waals surface area contributed by atoms with E-state index in [9.17, 15) is 4.79 Å². The lowest BCUT2D eigenvalue weighted by molar-refractivity contribution is 0.257. The highest BCUT2D eigenvalue weighted by Gasteiger charge is 2.15. The van der Waals surface area contributed by atoms with Crippen molar-refractivity contribution in [1.82, 2.24) is 0 Å². The van der Waals surface area contributed by atoms with E-state index in [-0.39, 0.29) is 12.6 Å². The molecule has 0 fully saturated rings. The van der Waals surface area contributed by atoms with Crippen LogP contribution in [0.2, 0.25) is 10.0 Å². The second-order valence-electron chi connectivity index (χ2n) is 4.55. The molecular formula is C17H14Cl2N2O2. The van der Waals surface area contributed by atoms with Gasteiger partial charge in [-0.15, -0.1) is 6.42 Å². The van der Waals surface area contributed by atoms with Gasteiger partial charge in [0.05, 0.1) is 23.7 Å². The lowest BCUT2D eigenvalue weighted by atomic mass is 10.2. The molecule has 0 bridgehead atoms. The quantitative estimate of drug-likeness (QED) is 0.815. The number of terminal acetylenes is 1. The molecule has 0 aromatic heterocycles. The molecule has 2 amide bonds. The fraction of sp³-hybridized carbons (Fsp3) is 0.118. The summed E-state index contributed by atoms with van der Waals surface area (Å²) in [5.74, 6) is 3.16. The molecular weight excluding hydrogens is 335 g/mol. The molecule has 0 radical (unpaired) electrons. The third-order valence-electron chi connectivity index (χ3n) is 3.05. The molecule has 23 heavy (non-hydrogen) atoms. The van der Waals surface area contributed by atoms with Gasteiger partial charge in [-0.05, 0) is 42.5 Å². The monoisotopic (exact) mass is 348 g/mol. The Hall–Kier alpha value is -2.35. The van der Waals surface area contributed by atoms with Crippen molar-refractivity contribution >= 4 is 40.6 Å². The molecule has 6 heteroatoms. The molecule has 2 rings (SSSR count). The fourth-order valence-corrected chi connectivity index (χ4v) is 2.20. The second-order valence-corrected chi connectivity index (χ2v) is 5.36. The molecule has 2 aromatic rings. The zero-order valence-corrected chi connectivity index (χ0v) is 13.9. The van der Waals surface area contributed by atoms with E-state index in [0.717, 1.165) is 0 Å². The third-order valence-corrected chi connectivity index (χ3v) is 3.79. The fourth-order valence-electron chi connectivity index (χ4n) is 1.90. The number of anilines is 2. The van der Waals surface area contributed by atoms with E-state index in [4.69, 9.17) is 34.4 Å². The molecule has 0 aliphatic heterocycles. The summed E-state index contributed by atoms with van der Waals surface area (Å²) in [5.41, 5.74) is 1.18. The molecule has 0 heterocycles. The molecule has 4 nitrogen and oxygen atoms in total. The Kier molecular flexibility index (Phi) is 5.75. The van der Waals surface area contributed by atoms with Crippen LogP contribution in [0.4, 0.5) is 16.2 Å². The maximum atomic E-state index is 12.5. The number of carbonyl (C=O) groups excluding carboxylic acids is 1. The third kappa shape index (κ3) is 4.32. The molecule has 0 atom stereocenters. The molecule has 0 aliphatic carbocycles. The zero-order chi connectivity index (χ0) is 16.8. The van der Waals surface area contributed by atoms with Gasteiger partial charge in [0.25, 0.3) is 0 Å². The van der Waals surface area contributed by atoms with Gasteiger partial charge in [-0.3, -0.25) is 4.90 Å². The number of halogens is 2. The number of methoxy groups -OCH3 is 1. The van der Waals surface area contributed by atoms with Crippen molar-refractivity contribution in [1.29, 1.82) is 0 Å². The summed E-state index contributed by atoms with van der Waals surface area (Å²) in [6.07, 6.45) is 5.36. The van der Waals surface area contributed by atoms with Crippen LogP contribution in [0.5, 0.6) is 5.75 Å². The van der Waals surface area contributed by atoms with Gasteiger partial charge in [0.2, 0.25) is 0 Å². The number of hydrogen-bond donors (Lipinski definition) is 1. The van der Waals surface area contributed by atoms with Crippen molar-refractivity contribution in [3.63, 3.8) is 0 Å². The number of benzene rings is 2. The maximum absolute atomic E-state index is 12.5. The molecule has 0 aliphatic rings. The van der Waals surface area contributed by atoms with E-state index in [2.05, 4.69) is 11.2 Å². The highest BCUT2D eigenvalue weighted by molar-refractivity contribution is 6.42. The topological polar surface area (TPSA) is 41.6 Å². The van der Waals surface area contributed by atoms with Gasteiger partial charge in [0, 0.05) is 11.4 Å². The summed E-state index contributed by atoms with van der Waals surface area (Å²) in [7, 11) is 1.57. The number of carbonyl (C=O) groups is 1. The first-order valence-electron chi connectivity index (χ1n) is 6.66. The Morgan fingerprint density at radius 3 is 2.48 bits per heavy atom. The minimum absolute atomic E-state index is 0.124. The Bertz CT molecular complexity index is 739. The summed E-state index contributed by atoms with van der Waals surface area (Å²) in [6, 6.07) is 11.5. The van der Waals surface area contributed by atoms with Crippen LogP contribution in [0, 0.1) is 12.3 Å². The molecule has 0 saturated carbocycles. The Morgan fingerprint density at radius 1 is 1.22 bits per heavy atom. The van der Waals surface area contributed by atoms with Crippen LogP contribution in [0.1, 0.15) is 0 Å². The van der Waals surface area contributed by atoms with Crippen molar-refractivity contribution in [2.45, 2.75) is 0 Å². The van der Waals surface area contributed by atoms with Crippen LogP contribution in [0.25, 0.3) is 0 Å². The average molecular weight is 349 g/mol. The highest BCUT2D eigenvalue weighted by atomic mass is 35.5. The van der Waals surface area contributed by atoms with Crippen molar-refractivity contribution in [3.8, 4) is 18.1 Å². The van der Waals surface area contributed by atoms with Gasteiger partial charge < -0.3 is 10.1 Å². The minimum atomic E-state index is -0.369. The van der Waals surface area contributed by atoms with Gasteiger partial charge in [-0.25, -0.2) is 4.79 Å². The van der Waals surface area contributed by atoms with E-state index < -0.39 is 0 Å². The molecule has 0 saturated heterocycles. The van der Waals surface area contributed by atoms with Crippen molar-refractivity contribution < 1.29 is 9.53 Å². The van der Waals surface area contributed by atoms with E-state index in [1.54, 1.807) is 49.6 Å². The summed E-state index contributed by atoms with van der Waals surface area (Å²) in [6.45, 7) is 0.124. The SMILES string of the molecule is C#CCN(C(=O)Nc1ccc(Cl)c(Cl)c1)c1ccc(OC)cc1. The molecule has 2 aromatic carbocycles. The summed E-state index contributed by atoms with van der Waals surface area (Å²) in [5, 5.41) is 3.51. The number of amides is 2. The highest BCUT2D eigenvalue weighted by Crippen LogP contribution is 2.26. The first-order valence-corrected chi connectivity index (χ1v) is 7.42. The lowest BCUT2D eigenvalue weighted by Gasteiger charge is -2.21. The normalized spacial score (nSPS) is 9.83. The Morgan fingerprint density at radius 2 is 1.91 bits per heavy atom. The van der Waals surface area contributed by atoms with E-state index in [0.29, 0.717) is 27.2 Å². The maximum Gasteiger partial charge on any atom is 0.327 e. The van der Waals surface area contributed by atoms with E-state index in [1.165, 1.54) is 4.90 Å². The summed E-state index contributed by atoms with van der Waals surface area (Å²) in [4.78, 5) is 13.9. The number of nitrogens with zero attached hydrogens (tertiary/aromatic N) is 1. The number of ether oxygens (including phenoxy) is 1. The average Bonchev–Trinajstić information content (AvgIpc) is 2.56. The van der Waals surface area contributed by atoms with Crippen molar-refractivity contribution in [2.75, 3.05) is 23.9 Å². The predicted octanol–water partition coefficient (Wildman–Crippen LogP) is 4.67. The van der Waals surface area contributed by atoms with Gasteiger partial charge in [-0.2, -0.15) is 0 Å². The number of nitrogens with one attached hydrogen (secondary N) is 1. The van der Waals surface area contributed by atoms with Crippen molar-refractivity contribution in [3.05, 3.63) is 52.5 Å². The van der Waals surface area contributed by atoms with Gasteiger partial charge in [-0.1, -0.05) is 29.1 Å². The molecule has 118 valence electrons. The Balaban J connectivity index is 2.20. The molecule has 1 N–H and O–H groups in total. The lowest BCUT2D eigenvalue weighted by Crippen LogP contribution is -2.35. The largest absolute Gasteiger partial charge is 0.497 e. The number of rotatable bonds is 4. The second kappa shape index (κ2) is 7.77. The summed E-state index contributed by atoms with van der Waals surface area (Å²) >= 11 is 11.8. The summed E-state index contributed by atoms with van der Waals surface area (Å²) < 4.78 is 5.10. The van der Waals surface area contributed by atoms with Crippen LogP contribution in [-0.2, 0) is 0 Å². The zero-order valence-electron chi connectivity index (χ0n) is 12.3. The molecule has 0 unspecified atom stereocenters. The van der Waals surface area contributed by atoms with Crippen LogP contribution < -0.4 is 15.0 Å². The van der Waals surface area contributed by atoms with Gasteiger partial charge in [0.1, 0.15) is 5.75 Å². The van der Waals surface area contributed by atoms with Crippen LogP contribution >= 0.6 is 23.2 Å². The van der Waals surface area contributed by atoms with Crippen molar-refractivity contribution in [2.24, 2.45) is 0 Å². The van der Waals surface area contributed by atoms with E-state index >= 15 is 0 Å².